The van der Waals surface area contributed by atoms with Gasteiger partial charge in [0.25, 0.3) is 0 Å². The van der Waals surface area contributed by atoms with Crippen LogP contribution in [-0.2, 0) is 4.79 Å². The highest BCUT2D eigenvalue weighted by Gasteiger charge is 2.25. The van der Waals surface area contributed by atoms with Gasteiger partial charge in [-0.2, -0.15) is 0 Å². The number of amides is 1. The second-order valence-electron chi connectivity index (χ2n) is 5.64. The van der Waals surface area contributed by atoms with Gasteiger partial charge in [0.05, 0.1) is 17.6 Å². The minimum Gasteiger partial charge on any atom is -0.392 e. The van der Waals surface area contributed by atoms with Crippen LogP contribution in [0.4, 0.5) is 0 Å². The maximum Gasteiger partial charge on any atom is 0.234 e. The molecule has 0 radical (unpaired) electrons. The van der Waals surface area contributed by atoms with Crippen LogP contribution in [0.2, 0.25) is 0 Å². The lowest BCUT2D eigenvalue weighted by Crippen LogP contribution is -2.54. The molecule has 1 aliphatic heterocycles. The van der Waals surface area contributed by atoms with Crippen LogP contribution >= 0.6 is 12.2 Å². The van der Waals surface area contributed by atoms with Crippen molar-refractivity contribution >= 4 is 23.1 Å². The molecule has 5 nitrogen and oxygen atoms in total. The van der Waals surface area contributed by atoms with Gasteiger partial charge in [-0.15, -0.1) is 0 Å². The monoisotopic (exact) mass is 284 g/mol. The van der Waals surface area contributed by atoms with Crippen LogP contribution in [0, 0.1) is 5.92 Å². The van der Waals surface area contributed by atoms with Crippen LogP contribution in [0.5, 0.6) is 0 Å². The number of nitrogens with one attached hydrogen (secondary N) is 1. The molecule has 0 spiro atoms. The zero-order valence-corrected chi connectivity index (χ0v) is 12.4. The molecule has 1 heterocycles. The van der Waals surface area contributed by atoms with Crippen molar-refractivity contribution in [2.24, 2.45) is 11.7 Å². The van der Waals surface area contributed by atoms with Crippen LogP contribution < -0.4 is 11.1 Å². The van der Waals surface area contributed by atoms with E-state index in [0.29, 0.717) is 11.5 Å². The average Bonchev–Trinajstić information content (AvgIpc) is 3.20. The van der Waals surface area contributed by atoms with E-state index >= 15 is 0 Å². The highest BCUT2D eigenvalue weighted by Crippen LogP contribution is 2.27. The van der Waals surface area contributed by atoms with Gasteiger partial charge in [0.2, 0.25) is 5.91 Å². The van der Waals surface area contributed by atoms with Gasteiger partial charge in [0.1, 0.15) is 0 Å². The third-order valence-corrected chi connectivity index (χ3v) is 4.36. The Morgan fingerprint density at radius 3 is 2.53 bits per heavy atom. The standard InChI is InChI=1S/C13H24N4OS/c1-10(13(14)19)17-6-4-16(5-7-17)9-12(18)15-8-11-2-3-11/h10-11H,2-9H2,1H3,(H2,14,19)(H,15,18). The molecule has 0 aromatic rings. The topological polar surface area (TPSA) is 61.6 Å². The Balaban J connectivity index is 1.64. The summed E-state index contributed by atoms with van der Waals surface area (Å²) in [4.78, 5) is 16.8. The van der Waals surface area contributed by atoms with Gasteiger partial charge < -0.3 is 11.1 Å². The molecule has 0 aromatic carbocycles. The van der Waals surface area contributed by atoms with Crippen LogP contribution in [0.1, 0.15) is 19.8 Å². The molecule has 1 unspecified atom stereocenters. The first kappa shape index (κ1) is 14.7. The molecule has 1 saturated heterocycles. The highest BCUT2D eigenvalue weighted by molar-refractivity contribution is 7.80. The quantitative estimate of drug-likeness (QED) is 0.662. The van der Waals surface area contributed by atoms with Crippen molar-refractivity contribution in [2.75, 3.05) is 39.3 Å². The van der Waals surface area contributed by atoms with Crippen molar-refractivity contribution in [1.82, 2.24) is 15.1 Å². The Kier molecular flexibility index (Phi) is 5.13. The van der Waals surface area contributed by atoms with E-state index < -0.39 is 0 Å². The fourth-order valence-electron chi connectivity index (χ4n) is 2.33. The van der Waals surface area contributed by atoms with Crippen molar-refractivity contribution in [2.45, 2.75) is 25.8 Å². The minimum absolute atomic E-state index is 0.154. The van der Waals surface area contributed by atoms with E-state index in [2.05, 4.69) is 15.1 Å². The molecule has 1 amide bonds. The summed E-state index contributed by atoms with van der Waals surface area (Å²) < 4.78 is 0. The molecule has 6 heteroatoms. The van der Waals surface area contributed by atoms with Gasteiger partial charge >= 0.3 is 0 Å². The Hall–Kier alpha value is -0.720. The van der Waals surface area contributed by atoms with Crippen molar-refractivity contribution in [3.05, 3.63) is 0 Å². The average molecular weight is 284 g/mol. The van der Waals surface area contributed by atoms with Gasteiger partial charge in [0, 0.05) is 32.7 Å². The van der Waals surface area contributed by atoms with E-state index in [1.807, 2.05) is 6.92 Å². The zero-order chi connectivity index (χ0) is 13.8. The minimum atomic E-state index is 0.154. The molecule has 1 atom stereocenters. The largest absolute Gasteiger partial charge is 0.392 e. The number of carbonyl (C=O) groups is 1. The smallest absolute Gasteiger partial charge is 0.234 e. The molecular formula is C13H24N4OS. The highest BCUT2D eigenvalue weighted by atomic mass is 32.1. The fraction of sp³-hybridized carbons (Fsp3) is 0.846. The van der Waals surface area contributed by atoms with Crippen molar-refractivity contribution < 1.29 is 4.79 Å². The molecule has 3 N–H and O–H groups in total. The van der Waals surface area contributed by atoms with Crippen molar-refractivity contribution in [3.63, 3.8) is 0 Å². The van der Waals surface area contributed by atoms with Crippen LogP contribution in [0.25, 0.3) is 0 Å². The summed E-state index contributed by atoms with van der Waals surface area (Å²) in [6, 6.07) is 0.154. The summed E-state index contributed by atoms with van der Waals surface area (Å²) in [6.45, 7) is 7.08. The summed E-state index contributed by atoms with van der Waals surface area (Å²) in [7, 11) is 0. The van der Waals surface area contributed by atoms with E-state index in [9.17, 15) is 4.79 Å². The fourth-order valence-corrected chi connectivity index (χ4v) is 2.48. The lowest BCUT2D eigenvalue weighted by Gasteiger charge is -2.37. The van der Waals surface area contributed by atoms with Gasteiger partial charge in [-0.25, -0.2) is 0 Å². The normalized spacial score (nSPS) is 23.0. The maximum absolute atomic E-state index is 11.8. The summed E-state index contributed by atoms with van der Waals surface area (Å²) in [6.07, 6.45) is 2.55. The second-order valence-corrected chi connectivity index (χ2v) is 6.11. The predicted octanol–water partition coefficient (Wildman–Crippen LogP) is -0.195. The predicted molar refractivity (Wildman–Crippen MR) is 80.0 cm³/mol. The molecule has 2 fully saturated rings. The lowest BCUT2D eigenvalue weighted by molar-refractivity contribution is -0.122. The Labute approximate surface area is 120 Å². The number of hydrogen-bond donors (Lipinski definition) is 2. The van der Waals surface area contributed by atoms with E-state index in [-0.39, 0.29) is 11.9 Å². The Morgan fingerprint density at radius 1 is 1.37 bits per heavy atom. The summed E-state index contributed by atoms with van der Waals surface area (Å²) in [5.74, 6) is 0.898. The molecule has 2 rings (SSSR count). The molecular weight excluding hydrogens is 260 g/mol. The number of nitrogens with zero attached hydrogens (tertiary/aromatic N) is 2. The number of nitrogens with two attached hydrogens (primary N) is 1. The van der Waals surface area contributed by atoms with Gasteiger partial charge in [-0.05, 0) is 25.7 Å². The van der Waals surface area contributed by atoms with E-state index in [0.717, 1.165) is 38.6 Å². The Morgan fingerprint density at radius 2 is 2.00 bits per heavy atom. The van der Waals surface area contributed by atoms with Crippen molar-refractivity contribution in [1.29, 1.82) is 0 Å². The summed E-state index contributed by atoms with van der Waals surface area (Å²) in [5, 5.41) is 3.01. The first-order valence-electron chi connectivity index (χ1n) is 7.08. The molecule has 1 saturated carbocycles. The van der Waals surface area contributed by atoms with Crippen LogP contribution in [-0.4, -0.2) is 66.0 Å². The van der Waals surface area contributed by atoms with Gasteiger partial charge in [-0.1, -0.05) is 12.2 Å². The first-order valence-corrected chi connectivity index (χ1v) is 7.49. The number of piperazine rings is 1. The third-order valence-electron chi connectivity index (χ3n) is 4.02. The molecule has 1 aliphatic carbocycles. The van der Waals surface area contributed by atoms with Crippen molar-refractivity contribution in [3.8, 4) is 0 Å². The molecule has 2 aliphatic rings. The summed E-state index contributed by atoms with van der Waals surface area (Å²) in [5.41, 5.74) is 5.67. The van der Waals surface area contributed by atoms with Crippen LogP contribution in [0.15, 0.2) is 0 Å². The van der Waals surface area contributed by atoms with Crippen LogP contribution in [0.3, 0.4) is 0 Å². The third kappa shape index (κ3) is 4.71. The van der Waals surface area contributed by atoms with E-state index in [4.69, 9.17) is 18.0 Å². The zero-order valence-electron chi connectivity index (χ0n) is 11.6. The van der Waals surface area contributed by atoms with E-state index in [1.165, 1.54) is 12.8 Å². The maximum atomic E-state index is 11.8. The molecule has 0 aromatic heterocycles. The molecule has 0 bridgehead atoms. The second kappa shape index (κ2) is 6.63. The number of rotatable bonds is 6. The van der Waals surface area contributed by atoms with Gasteiger partial charge in [0.15, 0.2) is 0 Å². The van der Waals surface area contributed by atoms with E-state index in [1.54, 1.807) is 0 Å². The lowest BCUT2D eigenvalue weighted by atomic mass is 10.2. The number of hydrogen-bond acceptors (Lipinski definition) is 4. The summed E-state index contributed by atoms with van der Waals surface area (Å²) >= 11 is 5.02. The molecule has 108 valence electrons. The SMILES string of the molecule is CC(C(N)=S)N1CCN(CC(=O)NCC2CC2)CC1. The van der Waals surface area contributed by atoms with Gasteiger partial charge in [-0.3, -0.25) is 14.6 Å². The number of thiocarbonyl (C=S) groups is 1. The first-order chi connectivity index (χ1) is 9.06. The number of carbonyl (C=O) groups excluding carboxylic acids is 1. The Bertz CT molecular complexity index is 338. The molecule has 19 heavy (non-hydrogen) atoms.